The summed E-state index contributed by atoms with van der Waals surface area (Å²) in [6.07, 6.45) is 2.01. The molecular weight excluding hydrogens is 252 g/mol. The number of likely N-dealkylation sites (N-methyl/N-ethyl adjacent to an activating group) is 1. The average molecular weight is 272 g/mol. The van der Waals surface area contributed by atoms with E-state index in [1.165, 1.54) is 12.0 Å². The number of carboxylic acid groups (broad SMARTS) is 1. The first kappa shape index (κ1) is 15.3. The molecule has 2 amide bonds. The zero-order valence-corrected chi connectivity index (χ0v) is 11.2. The third-order valence-corrected chi connectivity index (χ3v) is 3.36. The summed E-state index contributed by atoms with van der Waals surface area (Å²) in [5.74, 6) is -1.93. The van der Waals surface area contributed by atoms with Gasteiger partial charge in [0.05, 0.1) is 13.0 Å². The molecule has 0 aromatic rings. The molecule has 2 unspecified atom stereocenters. The fourth-order valence-electron chi connectivity index (χ4n) is 2.23. The lowest BCUT2D eigenvalue weighted by Crippen LogP contribution is -2.48. The molecule has 0 heterocycles. The summed E-state index contributed by atoms with van der Waals surface area (Å²) in [7, 11) is 1.26. The normalized spacial score (nSPS) is 21.8. The maximum atomic E-state index is 12.0. The number of carbonyl (C=O) groups excluding carboxylic acids is 2. The number of carboxylic acids is 1. The number of rotatable bonds is 5. The van der Waals surface area contributed by atoms with Crippen LogP contribution in [-0.4, -0.2) is 54.2 Å². The van der Waals surface area contributed by atoms with Gasteiger partial charge in [0.25, 0.3) is 0 Å². The molecule has 0 aromatic heterocycles. The highest BCUT2D eigenvalue weighted by molar-refractivity contribution is 5.81. The van der Waals surface area contributed by atoms with Crippen LogP contribution in [-0.2, 0) is 14.3 Å². The number of esters is 1. The zero-order valence-electron chi connectivity index (χ0n) is 11.2. The van der Waals surface area contributed by atoms with Crippen molar-refractivity contribution in [1.82, 2.24) is 10.2 Å². The zero-order chi connectivity index (χ0) is 14.4. The van der Waals surface area contributed by atoms with E-state index in [9.17, 15) is 14.4 Å². The van der Waals surface area contributed by atoms with Crippen LogP contribution in [0, 0.1) is 5.92 Å². The monoisotopic (exact) mass is 272 g/mol. The lowest BCUT2D eigenvalue weighted by molar-refractivity contribution is -0.143. The smallest absolute Gasteiger partial charge is 0.325 e. The Balaban J connectivity index is 2.56. The van der Waals surface area contributed by atoms with Crippen molar-refractivity contribution >= 4 is 18.0 Å². The first-order valence-electron chi connectivity index (χ1n) is 6.34. The molecule has 1 saturated carbocycles. The molecule has 0 radical (unpaired) electrons. The minimum Gasteiger partial charge on any atom is -0.481 e. The van der Waals surface area contributed by atoms with E-state index in [-0.39, 0.29) is 12.6 Å². The SMILES string of the molecule is CCN(CC(=O)OC)C(=O)NC1CCCC1C(=O)O. The number of nitrogens with one attached hydrogen (secondary N) is 1. The lowest BCUT2D eigenvalue weighted by Gasteiger charge is -2.24. The Morgan fingerprint density at radius 3 is 2.58 bits per heavy atom. The first-order valence-corrected chi connectivity index (χ1v) is 6.34. The van der Waals surface area contributed by atoms with Crippen molar-refractivity contribution in [2.75, 3.05) is 20.2 Å². The highest BCUT2D eigenvalue weighted by atomic mass is 16.5. The summed E-state index contributed by atoms with van der Waals surface area (Å²) < 4.78 is 4.51. The number of aliphatic carboxylic acids is 1. The molecule has 7 heteroatoms. The van der Waals surface area contributed by atoms with Crippen LogP contribution in [0.1, 0.15) is 26.2 Å². The number of hydrogen-bond donors (Lipinski definition) is 2. The highest BCUT2D eigenvalue weighted by Crippen LogP contribution is 2.25. The standard InChI is InChI=1S/C12H20N2O5/c1-3-14(7-10(15)19-2)12(18)13-9-6-4-5-8(9)11(16)17/h8-9H,3-7H2,1-2H3,(H,13,18)(H,16,17). The van der Waals surface area contributed by atoms with E-state index in [1.807, 2.05) is 0 Å². The maximum absolute atomic E-state index is 12.0. The van der Waals surface area contributed by atoms with Gasteiger partial charge in [-0.05, 0) is 19.8 Å². The van der Waals surface area contributed by atoms with Crippen molar-refractivity contribution in [3.05, 3.63) is 0 Å². The van der Waals surface area contributed by atoms with Crippen LogP contribution in [0.3, 0.4) is 0 Å². The molecule has 19 heavy (non-hydrogen) atoms. The van der Waals surface area contributed by atoms with Crippen LogP contribution in [0.15, 0.2) is 0 Å². The molecule has 108 valence electrons. The van der Waals surface area contributed by atoms with Crippen molar-refractivity contribution in [1.29, 1.82) is 0 Å². The van der Waals surface area contributed by atoms with E-state index < -0.39 is 23.9 Å². The Bertz CT molecular complexity index is 358. The Kier molecular flexibility index (Phi) is 5.59. The second-order valence-electron chi connectivity index (χ2n) is 4.52. The molecule has 0 aliphatic heterocycles. The van der Waals surface area contributed by atoms with Crippen molar-refractivity contribution < 1.29 is 24.2 Å². The molecule has 2 N–H and O–H groups in total. The van der Waals surface area contributed by atoms with Gasteiger partial charge in [-0.1, -0.05) is 6.42 Å². The Hall–Kier alpha value is -1.79. The van der Waals surface area contributed by atoms with Crippen LogP contribution < -0.4 is 5.32 Å². The number of ether oxygens (including phenoxy) is 1. The fraction of sp³-hybridized carbons (Fsp3) is 0.750. The molecule has 2 atom stereocenters. The van der Waals surface area contributed by atoms with Crippen LogP contribution in [0.5, 0.6) is 0 Å². The predicted molar refractivity (Wildman–Crippen MR) is 66.6 cm³/mol. The van der Waals surface area contributed by atoms with Gasteiger partial charge in [0.2, 0.25) is 0 Å². The fourth-order valence-corrected chi connectivity index (χ4v) is 2.23. The average Bonchev–Trinajstić information content (AvgIpc) is 2.83. The van der Waals surface area contributed by atoms with Gasteiger partial charge in [-0.25, -0.2) is 4.79 Å². The van der Waals surface area contributed by atoms with Gasteiger partial charge < -0.3 is 20.1 Å². The van der Waals surface area contributed by atoms with Gasteiger partial charge in [-0.15, -0.1) is 0 Å². The second kappa shape index (κ2) is 6.96. The molecule has 1 aliphatic carbocycles. The van der Waals surface area contributed by atoms with E-state index in [2.05, 4.69) is 10.1 Å². The third kappa shape index (κ3) is 4.11. The number of carbonyl (C=O) groups is 3. The van der Waals surface area contributed by atoms with E-state index in [0.717, 1.165) is 6.42 Å². The summed E-state index contributed by atoms with van der Waals surface area (Å²) in [6, 6.07) is -0.789. The number of methoxy groups -OCH3 is 1. The molecule has 0 aromatic carbocycles. The second-order valence-corrected chi connectivity index (χ2v) is 4.52. The van der Waals surface area contributed by atoms with Crippen molar-refractivity contribution in [3.63, 3.8) is 0 Å². The maximum Gasteiger partial charge on any atom is 0.325 e. The molecule has 7 nitrogen and oxygen atoms in total. The quantitative estimate of drug-likeness (QED) is 0.708. The number of urea groups is 1. The van der Waals surface area contributed by atoms with E-state index in [4.69, 9.17) is 5.11 Å². The summed E-state index contributed by atoms with van der Waals surface area (Å²) in [5.41, 5.74) is 0. The van der Waals surface area contributed by atoms with Gasteiger partial charge in [0.15, 0.2) is 0 Å². The Morgan fingerprint density at radius 1 is 1.37 bits per heavy atom. The minimum absolute atomic E-state index is 0.136. The van der Waals surface area contributed by atoms with E-state index in [0.29, 0.717) is 19.4 Å². The molecular formula is C12H20N2O5. The number of amides is 2. The van der Waals surface area contributed by atoms with E-state index in [1.54, 1.807) is 6.92 Å². The molecule has 1 aliphatic rings. The van der Waals surface area contributed by atoms with Gasteiger partial charge in [0.1, 0.15) is 6.54 Å². The minimum atomic E-state index is -0.890. The summed E-state index contributed by atoms with van der Waals surface area (Å²) in [4.78, 5) is 35.4. The van der Waals surface area contributed by atoms with Gasteiger partial charge in [0, 0.05) is 12.6 Å². The van der Waals surface area contributed by atoms with Gasteiger partial charge in [-0.2, -0.15) is 0 Å². The Morgan fingerprint density at radius 2 is 2.05 bits per heavy atom. The summed E-state index contributed by atoms with van der Waals surface area (Å²) in [5, 5.41) is 11.7. The third-order valence-electron chi connectivity index (χ3n) is 3.36. The van der Waals surface area contributed by atoms with Crippen LogP contribution in [0.25, 0.3) is 0 Å². The molecule has 1 fully saturated rings. The van der Waals surface area contributed by atoms with Crippen molar-refractivity contribution in [3.8, 4) is 0 Å². The summed E-state index contributed by atoms with van der Waals surface area (Å²) >= 11 is 0. The first-order chi connectivity index (χ1) is 8.99. The predicted octanol–water partition coefficient (Wildman–Crippen LogP) is 0.444. The number of nitrogens with zero attached hydrogens (tertiary/aromatic N) is 1. The van der Waals surface area contributed by atoms with Crippen LogP contribution in [0.4, 0.5) is 4.79 Å². The molecule has 0 bridgehead atoms. The highest BCUT2D eigenvalue weighted by Gasteiger charge is 2.34. The molecule has 0 spiro atoms. The Labute approximate surface area is 111 Å². The van der Waals surface area contributed by atoms with E-state index >= 15 is 0 Å². The van der Waals surface area contributed by atoms with Crippen LogP contribution in [0.2, 0.25) is 0 Å². The van der Waals surface area contributed by atoms with Gasteiger partial charge >= 0.3 is 18.0 Å². The lowest BCUT2D eigenvalue weighted by atomic mass is 10.0. The van der Waals surface area contributed by atoms with Gasteiger partial charge in [-0.3, -0.25) is 9.59 Å². The molecule has 0 saturated heterocycles. The molecule has 1 rings (SSSR count). The van der Waals surface area contributed by atoms with Crippen molar-refractivity contribution in [2.24, 2.45) is 5.92 Å². The van der Waals surface area contributed by atoms with Crippen LogP contribution >= 0.6 is 0 Å². The largest absolute Gasteiger partial charge is 0.481 e. The summed E-state index contributed by atoms with van der Waals surface area (Å²) in [6.45, 7) is 1.96. The number of hydrogen-bond acceptors (Lipinski definition) is 4. The van der Waals surface area contributed by atoms with Crippen molar-refractivity contribution in [2.45, 2.75) is 32.2 Å². The topological polar surface area (TPSA) is 95.9 Å².